The molecule has 9 heteroatoms. The van der Waals surface area contributed by atoms with E-state index in [4.69, 9.17) is 4.74 Å². The molecule has 1 heterocycles. The van der Waals surface area contributed by atoms with Crippen LogP contribution in [0.3, 0.4) is 0 Å². The number of esters is 1. The number of benzene rings is 1. The lowest BCUT2D eigenvalue weighted by Gasteiger charge is -2.22. The minimum absolute atomic E-state index is 0.0434. The predicted octanol–water partition coefficient (Wildman–Crippen LogP) is 1.22. The molecule has 3 rings (SSSR count). The Bertz CT molecular complexity index is 843. The van der Waals surface area contributed by atoms with Crippen molar-refractivity contribution in [2.45, 2.75) is 30.6 Å². The van der Waals surface area contributed by atoms with E-state index < -0.39 is 21.9 Å². The summed E-state index contributed by atoms with van der Waals surface area (Å²) < 4.78 is 31.2. The molecule has 1 aromatic rings. The molecule has 0 atom stereocenters. The highest BCUT2D eigenvalue weighted by Gasteiger charge is 2.26. The molecule has 1 saturated heterocycles. The van der Waals surface area contributed by atoms with E-state index in [-0.39, 0.29) is 17.0 Å². The smallest absolute Gasteiger partial charge is 0.325 e. The summed E-state index contributed by atoms with van der Waals surface area (Å²) in [7, 11) is -0.785. The summed E-state index contributed by atoms with van der Waals surface area (Å²) in [6, 6.07) is 4.57. The molecule has 8 nitrogen and oxygen atoms in total. The maximum absolute atomic E-state index is 12.8. The zero-order chi connectivity index (χ0) is 20.3. The average Bonchev–Trinajstić information content (AvgIpc) is 3.35. The molecule has 0 unspecified atom stereocenters. The number of sulfonamides is 1. The molecular formula is C19H27N3O5S. The lowest BCUT2D eigenvalue weighted by Crippen LogP contribution is -2.33. The van der Waals surface area contributed by atoms with Gasteiger partial charge in [-0.05, 0) is 49.8 Å². The molecule has 28 heavy (non-hydrogen) atoms. The van der Waals surface area contributed by atoms with E-state index in [1.165, 1.54) is 26.2 Å². The van der Waals surface area contributed by atoms with E-state index in [0.717, 1.165) is 43.1 Å². The Balaban J connectivity index is 1.78. The van der Waals surface area contributed by atoms with Crippen LogP contribution in [0.2, 0.25) is 0 Å². The third-order valence-corrected chi connectivity index (χ3v) is 6.82. The van der Waals surface area contributed by atoms with E-state index in [1.54, 1.807) is 6.07 Å². The first-order valence-electron chi connectivity index (χ1n) is 9.54. The third-order valence-electron chi connectivity index (χ3n) is 5.01. The molecule has 1 saturated carbocycles. The molecule has 0 bridgehead atoms. The summed E-state index contributed by atoms with van der Waals surface area (Å²) >= 11 is 0. The van der Waals surface area contributed by atoms with Crippen LogP contribution >= 0.6 is 0 Å². The monoisotopic (exact) mass is 409 g/mol. The Morgan fingerprint density at radius 1 is 1.21 bits per heavy atom. The molecule has 1 amide bonds. The molecule has 1 aromatic carbocycles. The third kappa shape index (κ3) is 4.82. The maximum Gasteiger partial charge on any atom is 0.325 e. The lowest BCUT2D eigenvalue weighted by molar-refractivity contribution is -0.142. The van der Waals surface area contributed by atoms with Gasteiger partial charge in [0.1, 0.15) is 6.54 Å². The highest BCUT2D eigenvalue weighted by atomic mass is 32.2. The number of anilines is 1. The fourth-order valence-electron chi connectivity index (χ4n) is 3.10. The number of nitrogens with zero attached hydrogens (tertiary/aromatic N) is 2. The van der Waals surface area contributed by atoms with Gasteiger partial charge in [0.25, 0.3) is 5.91 Å². The SMILES string of the molecule is CN(C)S(=O)(=O)c1ccc(N2CCCC2)c(C(=O)NCC(=O)OCC2CC2)c1. The van der Waals surface area contributed by atoms with Gasteiger partial charge >= 0.3 is 5.97 Å². The minimum Gasteiger partial charge on any atom is -0.464 e. The van der Waals surface area contributed by atoms with Crippen LogP contribution in [0.25, 0.3) is 0 Å². The molecule has 0 aromatic heterocycles. The summed E-state index contributed by atoms with van der Waals surface area (Å²) in [6.45, 7) is 1.77. The van der Waals surface area contributed by atoms with Crippen molar-refractivity contribution >= 4 is 27.6 Å². The van der Waals surface area contributed by atoms with Crippen LogP contribution in [0.15, 0.2) is 23.1 Å². The zero-order valence-corrected chi connectivity index (χ0v) is 17.1. The van der Waals surface area contributed by atoms with E-state index >= 15 is 0 Å². The minimum atomic E-state index is -3.67. The van der Waals surface area contributed by atoms with Crippen LogP contribution < -0.4 is 10.2 Å². The largest absolute Gasteiger partial charge is 0.464 e. The average molecular weight is 410 g/mol. The summed E-state index contributed by atoms with van der Waals surface area (Å²) in [5, 5.41) is 2.57. The normalized spacial score (nSPS) is 17.0. The van der Waals surface area contributed by atoms with Gasteiger partial charge in [0.15, 0.2) is 0 Å². The maximum atomic E-state index is 12.8. The number of hydrogen-bond acceptors (Lipinski definition) is 6. The summed E-state index contributed by atoms with van der Waals surface area (Å²) in [5.41, 5.74) is 0.930. The van der Waals surface area contributed by atoms with Gasteiger partial charge < -0.3 is 15.0 Å². The van der Waals surface area contributed by atoms with Crippen molar-refractivity contribution in [3.63, 3.8) is 0 Å². The van der Waals surface area contributed by atoms with Gasteiger partial charge in [-0.3, -0.25) is 9.59 Å². The molecule has 1 aliphatic heterocycles. The second kappa shape index (κ2) is 8.48. The topological polar surface area (TPSA) is 96.0 Å². The zero-order valence-electron chi connectivity index (χ0n) is 16.3. The second-order valence-electron chi connectivity index (χ2n) is 7.47. The highest BCUT2D eigenvalue weighted by Crippen LogP contribution is 2.29. The van der Waals surface area contributed by atoms with Crippen molar-refractivity contribution in [3.05, 3.63) is 23.8 Å². The van der Waals surface area contributed by atoms with Gasteiger partial charge in [-0.1, -0.05) is 0 Å². The Morgan fingerprint density at radius 3 is 2.50 bits per heavy atom. The number of carbonyl (C=O) groups excluding carboxylic acids is 2. The molecule has 1 N–H and O–H groups in total. The van der Waals surface area contributed by atoms with Crippen molar-refractivity contribution in [2.75, 3.05) is 45.2 Å². The number of nitrogens with one attached hydrogen (secondary N) is 1. The molecule has 154 valence electrons. The fraction of sp³-hybridized carbons (Fsp3) is 0.579. The van der Waals surface area contributed by atoms with E-state index in [2.05, 4.69) is 10.2 Å². The van der Waals surface area contributed by atoms with E-state index in [1.807, 2.05) is 0 Å². The van der Waals surface area contributed by atoms with Gasteiger partial charge in [-0.15, -0.1) is 0 Å². The van der Waals surface area contributed by atoms with Gasteiger partial charge in [0.05, 0.1) is 17.1 Å². The summed E-state index contributed by atoms with van der Waals surface area (Å²) in [6.07, 6.45) is 4.19. The van der Waals surface area contributed by atoms with E-state index in [9.17, 15) is 18.0 Å². The van der Waals surface area contributed by atoms with Crippen LogP contribution in [0.1, 0.15) is 36.0 Å². The van der Waals surface area contributed by atoms with Crippen molar-refractivity contribution in [1.29, 1.82) is 0 Å². The molecule has 2 fully saturated rings. The number of amides is 1. The van der Waals surface area contributed by atoms with Gasteiger partial charge in [-0.25, -0.2) is 12.7 Å². The number of carbonyl (C=O) groups is 2. The fourth-order valence-corrected chi connectivity index (χ4v) is 4.02. The van der Waals surface area contributed by atoms with Crippen molar-refractivity contribution in [3.8, 4) is 0 Å². The van der Waals surface area contributed by atoms with Gasteiger partial charge in [-0.2, -0.15) is 0 Å². The predicted molar refractivity (Wildman–Crippen MR) is 105 cm³/mol. The van der Waals surface area contributed by atoms with Crippen LogP contribution in [0.5, 0.6) is 0 Å². The molecule has 2 aliphatic rings. The second-order valence-corrected chi connectivity index (χ2v) is 9.62. The number of hydrogen-bond donors (Lipinski definition) is 1. The molecule has 1 aliphatic carbocycles. The molecule has 0 spiro atoms. The Labute approximate surface area is 165 Å². The Kier molecular flexibility index (Phi) is 6.24. The summed E-state index contributed by atoms with van der Waals surface area (Å²) in [4.78, 5) is 26.7. The van der Waals surface area contributed by atoms with Crippen molar-refractivity contribution < 1.29 is 22.7 Å². The highest BCUT2D eigenvalue weighted by molar-refractivity contribution is 7.89. The quantitative estimate of drug-likeness (QED) is 0.649. The van der Waals surface area contributed by atoms with Crippen LogP contribution in [0.4, 0.5) is 5.69 Å². The lowest BCUT2D eigenvalue weighted by atomic mass is 10.1. The van der Waals surface area contributed by atoms with Crippen molar-refractivity contribution in [1.82, 2.24) is 9.62 Å². The van der Waals surface area contributed by atoms with Crippen molar-refractivity contribution in [2.24, 2.45) is 5.92 Å². The number of rotatable bonds is 8. The van der Waals surface area contributed by atoms with Gasteiger partial charge in [0.2, 0.25) is 10.0 Å². The van der Waals surface area contributed by atoms with Gasteiger partial charge in [0, 0.05) is 32.9 Å². The standard InChI is InChI=1S/C19H27N3O5S/c1-21(2)28(25,26)15-7-8-17(22-9-3-4-10-22)16(11-15)19(24)20-12-18(23)27-13-14-5-6-14/h7-8,11,14H,3-6,9-10,12-13H2,1-2H3,(H,20,24). The number of ether oxygens (including phenoxy) is 1. The first-order chi connectivity index (χ1) is 13.3. The van der Waals surface area contributed by atoms with Crippen LogP contribution in [-0.2, 0) is 19.6 Å². The van der Waals surface area contributed by atoms with Crippen LogP contribution in [-0.4, -0.2) is 64.9 Å². The summed E-state index contributed by atoms with van der Waals surface area (Å²) in [5.74, 6) is -0.518. The first-order valence-corrected chi connectivity index (χ1v) is 11.0. The van der Waals surface area contributed by atoms with Crippen LogP contribution in [0, 0.1) is 5.92 Å². The molecule has 0 radical (unpaired) electrons. The van der Waals surface area contributed by atoms with E-state index in [0.29, 0.717) is 18.2 Å². The Hall–Kier alpha value is -2.13. The Morgan fingerprint density at radius 2 is 1.89 bits per heavy atom. The first kappa shape index (κ1) is 20.6. The molecular weight excluding hydrogens is 382 g/mol.